The molecule has 0 bridgehead atoms. The van der Waals surface area contributed by atoms with E-state index in [4.69, 9.17) is 14.6 Å². The summed E-state index contributed by atoms with van der Waals surface area (Å²) in [5.74, 6) is 0.920. The standard InChI is InChI=1S/C29H28N4O4S/c1-3-37-23-15-11-21(12-16-23)30-27(34)18-26-28(35)31-29(38-26)33-25(20-9-13-22(36-2)14-10-20)17-24(32-33)19-7-5-4-6-8-19/h4-16,25-26H,3,17-18H2,1-2H3,(H,30,34)/t25-,26+/m0/s1. The molecule has 2 atom stereocenters. The van der Waals surface area contributed by atoms with Gasteiger partial charge >= 0.3 is 0 Å². The molecule has 0 unspecified atom stereocenters. The second-order valence-electron chi connectivity index (χ2n) is 8.80. The zero-order chi connectivity index (χ0) is 26.5. The minimum Gasteiger partial charge on any atom is -0.497 e. The molecule has 9 heteroatoms. The molecule has 1 N–H and O–H groups in total. The first kappa shape index (κ1) is 25.5. The van der Waals surface area contributed by atoms with E-state index >= 15 is 0 Å². The van der Waals surface area contributed by atoms with Crippen LogP contribution >= 0.6 is 11.8 Å². The van der Waals surface area contributed by atoms with Crippen LogP contribution in [0.5, 0.6) is 11.5 Å². The lowest BCUT2D eigenvalue weighted by Crippen LogP contribution is -2.25. The molecule has 2 heterocycles. The third kappa shape index (κ3) is 5.73. The van der Waals surface area contributed by atoms with Gasteiger partial charge in [0.2, 0.25) is 5.91 Å². The highest BCUT2D eigenvalue weighted by atomic mass is 32.2. The van der Waals surface area contributed by atoms with E-state index in [-0.39, 0.29) is 24.3 Å². The number of methoxy groups -OCH3 is 1. The molecule has 0 saturated heterocycles. The number of amidine groups is 1. The number of benzene rings is 3. The second-order valence-corrected chi connectivity index (χ2v) is 9.97. The van der Waals surface area contributed by atoms with Gasteiger partial charge in [0.25, 0.3) is 5.91 Å². The van der Waals surface area contributed by atoms with E-state index in [9.17, 15) is 9.59 Å². The van der Waals surface area contributed by atoms with Gasteiger partial charge in [-0.1, -0.05) is 54.2 Å². The molecule has 2 aliphatic heterocycles. The summed E-state index contributed by atoms with van der Waals surface area (Å²) in [5.41, 5.74) is 3.62. The summed E-state index contributed by atoms with van der Waals surface area (Å²) < 4.78 is 10.8. The molecule has 0 fully saturated rings. The summed E-state index contributed by atoms with van der Waals surface area (Å²) in [6, 6.07) is 24.8. The van der Waals surface area contributed by atoms with Crippen LogP contribution in [0.15, 0.2) is 89.0 Å². The Kier molecular flexibility index (Phi) is 7.74. The second kappa shape index (κ2) is 11.5. The number of nitrogens with one attached hydrogen (secondary N) is 1. The number of thioether (sulfide) groups is 1. The lowest BCUT2D eigenvalue weighted by Gasteiger charge is -2.23. The lowest BCUT2D eigenvalue weighted by atomic mass is 9.98. The minimum atomic E-state index is -0.611. The quantitative estimate of drug-likeness (QED) is 0.428. The topological polar surface area (TPSA) is 92.6 Å². The summed E-state index contributed by atoms with van der Waals surface area (Å²) >= 11 is 1.28. The third-order valence-electron chi connectivity index (χ3n) is 6.26. The van der Waals surface area contributed by atoms with E-state index in [0.29, 0.717) is 23.9 Å². The van der Waals surface area contributed by atoms with Gasteiger partial charge in [-0.05, 0) is 54.4 Å². The largest absolute Gasteiger partial charge is 0.497 e. The van der Waals surface area contributed by atoms with Crippen LogP contribution in [-0.4, -0.2) is 46.7 Å². The summed E-state index contributed by atoms with van der Waals surface area (Å²) in [4.78, 5) is 29.9. The zero-order valence-corrected chi connectivity index (χ0v) is 22.0. The smallest absolute Gasteiger partial charge is 0.262 e. The van der Waals surface area contributed by atoms with E-state index in [0.717, 1.165) is 28.3 Å². The van der Waals surface area contributed by atoms with Crippen molar-refractivity contribution < 1.29 is 19.1 Å². The number of carbonyl (C=O) groups is 2. The number of rotatable bonds is 8. The molecule has 38 heavy (non-hydrogen) atoms. The Labute approximate surface area is 225 Å². The molecule has 3 aromatic carbocycles. The first-order valence-corrected chi connectivity index (χ1v) is 13.3. The minimum absolute atomic E-state index is 0.0139. The molecule has 0 spiro atoms. The van der Waals surface area contributed by atoms with Gasteiger partial charge in [-0.25, -0.2) is 5.01 Å². The molecule has 0 aliphatic carbocycles. The maximum absolute atomic E-state index is 12.8. The van der Waals surface area contributed by atoms with Gasteiger partial charge in [0.05, 0.1) is 25.5 Å². The van der Waals surface area contributed by atoms with Crippen LogP contribution in [-0.2, 0) is 9.59 Å². The van der Waals surface area contributed by atoms with Gasteiger partial charge in [-0.2, -0.15) is 10.1 Å². The SMILES string of the molecule is CCOc1ccc(NC(=O)C[C@H]2SC(N3N=C(c4ccccc4)C[C@H]3c3ccc(OC)cc3)=NC2=O)cc1. The Balaban J connectivity index is 1.30. The highest BCUT2D eigenvalue weighted by Gasteiger charge is 2.39. The first-order valence-electron chi connectivity index (χ1n) is 12.4. The Morgan fingerprint density at radius 1 is 1.03 bits per heavy atom. The lowest BCUT2D eigenvalue weighted by molar-refractivity contribution is -0.121. The van der Waals surface area contributed by atoms with Crippen molar-refractivity contribution in [1.82, 2.24) is 5.01 Å². The number of carbonyl (C=O) groups excluding carboxylic acids is 2. The van der Waals surface area contributed by atoms with Crippen LogP contribution in [0.2, 0.25) is 0 Å². The van der Waals surface area contributed by atoms with E-state index in [1.165, 1.54) is 11.8 Å². The first-order chi connectivity index (χ1) is 18.5. The Morgan fingerprint density at radius 3 is 2.42 bits per heavy atom. The van der Waals surface area contributed by atoms with Crippen LogP contribution in [0, 0.1) is 0 Å². The number of hydrogen-bond donors (Lipinski definition) is 1. The number of nitrogens with zero attached hydrogens (tertiary/aromatic N) is 3. The number of anilines is 1. The van der Waals surface area contributed by atoms with Crippen molar-refractivity contribution in [1.29, 1.82) is 0 Å². The van der Waals surface area contributed by atoms with Crippen molar-refractivity contribution >= 4 is 40.1 Å². The molecule has 0 aromatic heterocycles. The molecule has 3 aromatic rings. The predicted octanol–water partition coefficient (Wildman–Crippen LogP) is 5.27. The summed E-state index contributed by atoms with van der Waals surface area (Å²) in [6.45, 7) is 2.49. The fourth-order valence-corrected chi connectivity index (χ4v) is 5.42. The van der Waals surface area contributed by atoms with E-state index in [1.54, 1.807) is 31.4 Å². The monoisotopic (exact) mass is 528 g/mol. The van der Waals surface area contributed by atoms with E-state index in [1.807, 2.05) is 66.5 Å². The summed E-state index contributed by atoms with van der Waals surface area (Å²) in [6.07, 6.45) is 0.674. The Bertz CT molecular complexity index is 1360. The van der Waals surface area contributed by atoms with Crippen molar-refractivity contribution in [3.05, 3.63) is 90.0 Å². The third-order valence-corrected chi connectivity index (χ3v) is 7.40. The number of aliphatic imine (C=N–C) groups is 1. The summed E-state index contributed by atoms with van der Waals surface area (Å²) in [5, 5.41) is 9.44. The predicted molar refractivity (Wildman–Crippen MR) is 150 cm³/mol. The molecule has 5 rings (SSSR count). The average Bonchev–Trinajstić information content (AvgIpc) is 3.54. The molecule has 8 nitrogen and oxygen atoms in total. The Hall–Kier alpha value is -4.11. The van der Waals surface area contributed by atoms with Crippen LogP contribution in [0.3, 0.4) is 0 Å². The van der Waals surface area contributed by atoms with Crippen molar-refractivity contribution in [2.75, 3.05) is 19.0 Å². The molecule has 0 saturated carbocycles. The Morgan fingerprint density at radius 2 is 1.74 bits per heavy atom. The summed E-state index contributed by atoms with van der Waals surface area (Å²) in [7, 11) is 1.63. The molecule has 2 amide bonds. The van der Waals surface area contributed by atoms with Crippen LogP contribution < -0.4 is 14.8 Å². The number of amides is 2. The number of ether oxygens (including phenoxy) is 2. The van der Waals surface area contributed by atoms with Gasteiger partial charge in [0.15, 0.2) is 5.17 Å². The van der Waals surface area contributed by atoms with Crippen molar-refractivity contribution in [2.45, 2.75) is 31.1 Å². The number of hydrazone groups is 1. The van der Waals surface area contributed by atoms with Crippen LogP contribution in [0.25, 0.3) is 0 Å². The molecular formula is C29H28N4O4S. The highest BCUT2D eigenvalue weighted by Crippen LogP contribution is 2.39. The van der Waals surface area contributed by atoms with Crippen LogP contribution in [0.4, 0.5) is 5.69 Å². The van der Waals surface area contributed by atoms with Gasteiger partial charge in [0, 0.05) is 18.5 Å². The van der Waals surface area contributed by atoms with E-state index in [2.05, 4.69) is 10.3 Å². The average molecular weight is 529 g/mol. The highest BCUT2D eigenvalue weighted by molar-refractivity contribution is 8.15. The van der Waals surface area contributed by atoms with Gasteiger partial charge in [-0.3, -0.25) is 9.59 Å². The van der Waals surface area contributed by atoms with Gasteiger partial charge < -0.3 is 14.8 Å². The maximum Gasteiger partial charge on any atom is 0.262 e. The van der Waals surface area contributed by atoms with Crippen LogP contribution in [0.1, 0.15) is 36.9 Å². The van der Waals surface area contributed by atoms with Crippen molar-refractivity contribution in [2.24, 2.45) is 10.1 Å². The maximum atomic E-state index is 12.8. The molecule has 2 aliphatic rings. The molecule has 0 radical (unpaired) electrons. The van der Waals surface area contributed by atoms with Gasteiger partial charge in [0.1, 0.15) is 16.7 Å². The fraction of sp³-hybridized carbons (Fsp3) is 0.241. The molecule has 194 valence electrons. The van der Waals surface area contributed by atoms with Gasteiger partial charge in [-0.15, -0.1) is 0 Å². The number of hydrogen-bond acceptors (Lipinski definition) is 7. The normalized spacial score (nSPS) is 18.7. The zero-order valence-electron chi connectivity index (χ0n) is 21.2. The van der Waals surface area contributed by atoms with Crippen molar-refractivity contribution in [3.8, 4) is 11.5 Å². The fourth-order valence-electron chi connectivity index (χ4n) is 4.36. The van der Waals surface area contributed by atoms with Crippen molar-refractivity contribution in [3.63, 3.8) is 0 Å². The van der Waals surface area contributed by atoms with E-state index < -0.39 is 5.25 Å². The molecular weight excluding hydrogens is 500 g/mol.